The standard InChI is InChI=1S/C14H20BNO2/c1-13(2)14(3,4)18-15(17-13)11-6-5-10-7-8-16-12(10)9-11/h6-10,16H,5H2,1-4H3. The fraction of sp³-hybridized carbons (Fsp3) is 0.571. The lowest BCUT2D eigenvalue weighted by Crippen LogP contribution is -2.41. The van der Waals surface area contributed by atoms with Crippen LogP contribution in [0.5, 0.6) is 0 Å². The van der Waals surface area contributed by atoms with Gasteiger partial charge >= 0.3 is 7.12 Å². The molecule has 4 heteroatoms. The van der Waals surface area contributed by atoms with E-state index in [2.05, 4.69) is 51.2 Å². The van der Waals surface area contributed by atoms with Crippen molar-refractivity contribution in [3.63, 3.8) is 0 Å². The largest absolute Gasteiger partial charge is 0.494 e. The molecule has 0 saturated carbocycles. The Kier molecular flexibility index (Phi) is 2.51. The maximum atomic E-state index is 6.07. The van der Waals surface area contributed by atoms with E-state index in [1.54, 1.807) is 0 Å². The topological polar surface area (TPSA) is 30.5 Å². The van der Waals surface area contributed by atoms with E-state index in [0.29, 0.717) is 5.92 Å². The summed E-state index contributed by atoms with van der Waals surface area (Å²) < 4.78 is 12.1. The fourth-order valence-electron chi connectivity index (χ4n) is 2.47. The van der Waals surface area contributed by atoms with Gasteiger partial charge in [0.05, 0.1) is 11.2 Å². The molecular formula is C14H20BNO2. The van der Waals surface area contributed by atoms with Crippen LogP contribution >= 0.6 is 0 Å². The van der Waals surface area contributed by atoms with Crippen LogP contribution in [0, 0.1) is 5.92 Å². The highest BCUT2D eigenvalue weighted by Crippen LogP contribution is 2.40. The first kappa shape index (κ1) is 12.1. The highest BCUT2D eigenvalue weighted by molar-refractivity contribution is 6.55. The van der Waals surface area contributed by atoms with Crippen LogP contribution in [0.4, 0.5) is 0 Å². The maximum absolute atomic E-state index is 6.07. The zero-order valence-electron chi connectivity index (χ0n) is 11.5. The van der Waals surface area contributed by atoms with E-state index >= 15 is 0 Å². The normalized spacial score (nSPS) is 31.8. The van der Waals surface area contributed by atoms with Crippen LogP contribution in [0.25, 0.3) is 0 Å². The average molecular weight is 245 g/mol. The van der Waals surface area contributed by atoms with Crippen molar-refractivity contribution < 1.29 is 9.31 Å². The van der Waals surface area contributed by atoms with E-state index in [1.165, 1.54) is 5.70 Å². The van der Waals surface area contributed by atoms with Gasteiger partial charge in [0.2, 0.25) is 0 Å². The molecule has 0 aromatic carbocycles. The Morgan fingerprint density at radius 1 is 1.22 bits per heavy atom. The lowest BCUT2D eigenvalue weighted by Gasteiger charge is -2.32. The molecule has 0 aromatic heterocycles. The Balaban J connectivity index is 1.81. The summed E-state index contributed by atoms with van der Waals surface area (Å²) >= 11 is 0. The van der Waals surface area contributed by atoms with Crippen LogP contribution in [0.3, 0.4) is 0 Å². The van der Waals surface area contributed by atoms with Gasteiger partial charge in [-0.2, -0.15) is 0 Å². The molecule has 1 saturated heterocycles. The SMILES string of the molecule is CC1(C)OB(C2=CCC3C=CNC3=C2)OC1(C)C. The number of allylic oxidation sites excluding steroid dienone is 4. The summed E-state index contributed by atoms with van der Waals surface area (Å²) in [6, 6.07) is 0. The third-order valence-electron chi connectivity index (χ3n) is 4.43. The van der Waals surface area contributed by atoms with Crippen molar-refractivity contribution in [1.82, 2.24) is 5.32 Å². The van der Waals surface area contributed by atoms with Gasteiger partial charge in [-0.3, -0.25) is 0 Å². The third kappa shape index (κ3) is 1.75. The van der Waals surface area contributed by atoms with E-state index in [9.17, 15) is 0 Å². The second kappa shape index (κ2) is 3.75. The Labute approximate surface area is 109 Å². The highest BCUT2D eigenvalue weighted by Gasteiger charge is 2.52. The summed E-state index contributed by atoms with van der Waals surface area (Å²) in [4.78, 5) is 0. The predicted octanol–water partition coefficient (Wildman–Crippen LogP) is 2.56. The molecule has 18 heavy (non-hydrogen) atoms. The van der Waals surface area contributed by atoms with Gasteiger partial charge in [0, 0.05) is 11.6 Å². The molecule has 0 bridgehead atoms. The van der Waals surface area contributed by atoms with Crippen molar-refractivity contribution in [3.05, 3.63) is 35.6 Å². The van der Waals surface area contributed by atoms with E-state index in [1.807, 2.05) is 6.20 Å². The van der Waals surface area contributed by atoms with Crippen LogP contribution in [-0.2, 0) is 9.31 Å². The molecule has 2 heterocycles. The Bertz CT molecular complexity index is 446. The van der Waals surface area contributed by atoms with Crippen LogP contribution in [0.15, 0.2) is 35.6 Å². The number of fused-ring (bicyclic) bond motifs is 1. The van der Waals surface area contributed by atoms with Crippen molar-refractivity contribution in [3.8, 4) is 0 Å². The number of nitrogens with one attached hydrogen (secondary N) is 1. The Morgan fingerprint density at radius 2 is 1.89 bits per heavy atom. The first-order valence-corrected chi connectivity index (χ1v) is 6.59. The molecule has 3 nitrogen and oxygen atoms in total. The number of rotatable bonds is 1. The molecule has 3 rings (SSSR count). The molecular weight excluding hydrogens is 225 g/mol. The van der Waals surface area contributed by atoms with Crippen LogP contribution in [0.1, 0.15) is 34.1 Å². The molecule has 1 N–H and O–H groups in total. The quantitative estimate of drug-likeness (QED) is 0.720. The van der Waals surface area contributed by atoms with Crippen molar-refractivity contribution in [2.75, 3.05) is 0 Å². The minimum Gasteiger partial charge on any atom is -0.399 e. The summed E-state index contributed by atoms with van der Waals surface area (Å²) in [7, 11) is -0.245. The second-order valence-corrected chi connectivity index (χ2v) is 6.24. The van der Waals surface area contributed by atoms with E-state index in [-0.39, 0.29) is 18.3 Å². The molecule has 1 fully saturated rings. The number of hydrogen-bond acceptors (Lipinski definition) is 3. The smallest absolute Gasteiger partial charge is 0.399 e. The lowest BCUT2D eigenvalue weighted by atomic mass is 9.73. The molecule has 96 valence electrons. The lowest BCUT2D eigenvalue weighted by molar-refractivity contribution is 0.00578. The molecule has 1 atom stereocenters. The predicted molar refractivity (Wildman–Crippen MR) is 72.6 cm³/mol. The van der Waals surface area contributed by atoms with Crippen molar-refractivity contribution in [2.24, 2.45) is 5.92 Å². The second-order valence-electron chi connectivity index (χ2n) is 6.24. The van der Waals surface area contributed by atoms with Gasteiger partial charge in [-0.1, -0.05) is 12.2 Å². The minimum absolute atomic E-state index is 0.245. The monoisotopic (exact) mass is 245 g/mol. The summed E-state index contributed by atoms with van der Waals surface area (Å²) in [5.74, 6) is 0.510. The zero-order valence-corrected chi connectivity index (χ0v) is 11.5. The average Bonchev–Trinajstić information content (AvgIpc) is 2.80. The van der Waals surface area contributed by atoms with Gasteiger partial charge in [-0.05, 0) is 51.9 Å². The van der Waals surface area contributed by atoms with Crippen molar-refractivity contribution in [2.45, 2.75) is 45.3 Å². The van der Waals surface area contributed by atoms with Gasteiger partial charge in [0.25, 0.3) is 0 Å². The van der Waals surface area contributed by atoms with E-state index in [4.69, 9.17) is 9.31 Å². The highest BCUT2D eigenvalue weighted by atomic mass is 16.7. The Morgan fingerprint density at radius 3 is 2.56 bits per heavy atom. The van der Waals surface area contributed by atoms with Crippen molar-refractivity contribution >= 4 is 7.12 Å². The zero-order chi connectivity index (χ0) is 13.0. The molecule has 0 radical (unpaired) electrons. The Hall–Kier alpha value is -0.995. The van der Waals surface area contributed by atoms with Gasteiger partial charge in [0.15, 0.2) is 0 Å². The summed E-state index contributed by atoms with van der Waals surface area (Å²) in [5, 5.41) is 3.28. The van der Waals surface area contributed by atoms with Crippen LogP contribution in [0.2, 0.25) is 0 Å². The third-order valence-corrected chi connectivity index (χ3v) is 4.43. The van der Waals surface area contributed by atoms with Crippen molar-refractivity contribution in [1.29, 1.82) is 0 Å². The molecule has 0 spiro atoms. The molecule has 2 aliphatic heterocycles. The van der Waals surface area contributed by atoms with E-state index < -0.39 is 0 Å². The number of hydrogen-bond donors (Lipinski definition) is 1. The van der Waals surface area contributed by atoms with Crippen LogP contribution in [-0.4, -0.2) is 18.3 Å². The summed E-state index contributed by atoms with van der Waals surface area (Å²) in [6.45, 7) is 8.34. The first-order valence-electron chi connectivity index (χ1n) is 6.59. The van der Waals surface area contributed by atoms with Gasteiger partial charge < -0.3 is 14.6 Å². The maximum Gasteiger partial charge on any atom is 0.494 e. The molecule has 1 aliphatic carbocycles. The minimum atomic E-state index is -0.269. The van der Waals surface area contributed by atoms with E-state index in [0.717, 1.165) is 11.9 Å². The molecule has 1 unspecified atom stereocenters. The van der Waals surface area contributed by atoms with Crippen LogP contribution < -0.4 is 5.32 Å². The molecule has 3 aliphatic rings. The van der Waals surface area contributed by atoms with Gasteiger partial charge in [0.1, 0.15) is 0 Å². The molecule has 0 amide bonds. The first-order chi connectivity index (χ1) is 8.39. The molecule has 0 aromatic rings. The summed E-state index contributed by atoms with van der Waals surface area (Å²) in [5.41, 5.74) is 1.85. The summed E-state index contributed by atoms with van der Waals surface area (Å²) in [6.07, 6.45) is 9.62. The van der Waals surface area contributed by atoms with Gasteiger partial charge in [-0.25, -0.2) is 0 Å². The van der Waals surface area contributed by atoms with Gasteiger partial charge in [-0.15, -0.1) is 0 Å². The fourth-order valence-corrected chi connectivity index (χ4v) is 2.47.